The first-order valence-corrected chi connectivity index (χ1v) is 7.40. The van der Waals surface area contributed by atoms with E-state index < -0.39 is 0 Å². The van der Waals surface area contributed by atoms with Crippen LogP contribution in [0.25, 0.3) is 5.65 Å². The van der Waals surface area contributed by atoms with Gasteiger partial charge in [-0.1, -0.05) is 11.2 Å². The van der Waals surface area contributed by atoms with E-state index in [1.807, 2.05) is 29.3 Å². The van der Waals surface area contributed by atoms with Crippen LogP contribution in [0.15, 0.2) is 24.4 Å². The van der Waals surface area contributed by atoms with Gasteiger partial charge in [-0.2, -0.15) is 0 Å². The predicted octanol–water partition coefficient (Wildman–Crippen LogP) is 1.90. The summed E-state index contributed by atoms with van der Waals surface area (Å²) in [5.74, 6) is 0.0161. The van der Waals surface area contributed by atoms with Crippen molar-refractivity contribution >= 4 is 11.6 Å². The van der Waals surface area contributed by atoms with Crippen LogP contribution in [0, 0.1) is 0 Å². The molecule has 1 fully saturated rings. The van der Waals surface area contributed by atoms with E-state index in [2.05, 4.69) is 24.0 Å². The zero-order valence-electron chi connectivity index (χ0n) is 12.4. The van der Waals surface area contributed by atoms with Crippen molar-refractivity contribution < 1.29 is 9.53 Å². The fraction of sp³-hybridized carbons (Fsp3) is 0.533. The number of amides is 1. The normalized spacial score (nSPS) is 22.5. The van der Waals surface area contributed by atoms with Gasteiger partial charge in [0.25, 0.3) is 5.91 Å². The molecule has 1 amide bonds. The number of hydrogen-bond donors (Lipinski definition) is 0. The molecule has 21 heavy (non-hydrogen) atoms. The van der Waals surface area contributed by atoms with Crippen LogP contribution in [-0.4, -0.2) is 44.1 Å². The summed E-state index contributed by atoms with van der Waals surface area (Å²) < 4.78 is 7.30. The molecule has 1 saturated heterocycles. The Labute approximate surface area is 123 Å². The molecule has 6 nitrogen and oxygen atoms in total. The fourth-order valence-corrected chi connectivity index (χ4v) is 3.03. The standard InChI is InChI=1S/C15H20N4O2/c1-11-6-5-7-12(2)19(11)14(20)10-21-15-17-16-13-8-3-4-9-18(13)15/h3-4,8-9,11-12H,5-7,10H2,1-2H3/t11-,12+. The number of carbonyl (C=O) groups excluding carboxylic acids is 1. The Morgan fingerprint density at radius 1 is 1.29 bits per heavy atom. The first-order chi connectivity index (χ1) is 10.2. The van der Waals surface area contributed by atoms with Gasteiger partial charge in [0.1, 0.15) is 0 Å². The van der Waals surface area contributed by atoms with E-state index in [-0.39, 0.29) is 24.6 Å². The molecule has 3 rings (SSSR count). The molecule has 1 aliphatic heterocycles. The quantitative estimate of drug-likeness (QED) is 0.865. The highest BCUT2D eigenvalue weighted by atomic mass is 16.5. The molecule has 0 radical (unpaired) electrons. The number of hydrogen-bond acceptors (Lipinski definition) is 4. The van der Waals surface area contributed by atoms with Crippen LogP contribution in [0.5, 0.6) is 6.01 Å². The lowest BCUT2D eigenvalue weighted by atomic mass is 9.97. The number of aromatic nitrogens is 3. The summed E-state index contributed by atoms with van der Waals surface area (Å²) in [5.41, 5.74) is 0.708. The lowest BCUT2D eigenvalue weighted by molar-refractivity contribution is -0.139. The summed E-state index contributed by atoms with van der Waals surface area (Å²) in [7, 11) is 0. The minimum Gasteiger partial charge on any atom is -0.453 e. The third kappa shape index (κ3) is 2.70. The van der Waals surface area contributed by atoms with Crippen molar-refractivity contribution in [1.29, 1.82) is 0 Å². The Bertz CT molecular complexity index is 629. The fourth-order valence-electron chi connectivity index (χ4n) is 3.03. The van der Waals surface area contributed by atoms with Crippen LogP contribution in [-0.2, 0) is 4.79 Å². The zero-order valence-corrected chi connectivity index (χ0v) is 12.4. The van der Waals surface area contributed by atoms with E-state index in [0.29, 0.717) is 11.7 Å². The molecule has 0 unspecified atom stereocenters. The third-order valence-electron chi connectivity index (χ3n) is 4.09. The van der Waals surface area contributed by atoms with E-state index in [4.69, 9.17) is 4.74 Å². The van der Waals surface area contributed by atoms with Gasteiger partial charge in [-0.25, -0.2) is 0 Å². The summed E-state index contributed by atoms with van der Waals surface area (Å²) in [4.78, 5) is 14.3. The van der Waals surface area contributed by atoms with Crippen molar-refractivity contribution in [3.63, 3.8) is 0 Å². The van der Waals surface area contributed by atoms with Crippen molar-refractivity contribution in [3.8, 4) is 6.01 Å². The largest absolute Gasteiger partial charge is 0.453 e. The number of likely N-dealkylation sites (tertiary alicyclic amines) is 1. The van der Waals surface area contributed by atoms with Crippen molar-refractivity contribution in [1.82, 2.24) is 19.5 Å². The number of piperidine rings is 1. The second-order valence-electron chi connectivity index (χ2n) is 5.63. The zero-order chi connectivity index (χ0) is 14.8. The Morgan fingerprint density at radius 3 is 2.81 bits per heavy atom. The van der Waals surface area contributed by atoms with Crippen molar-refractivity contribution in [3.05, 3.63) is 24.4 Å². The Hall–Kier alpha value is -2.11. The average Bonchev–Trinajstić information content (AvgIpc) is 2.88. The first-order valence-electron chi connectivity index (χ1n) is 7.40. The highest BCUT2D eigenvalue weighted by Crippen LogP contribution is 2.22. The third-order valence-corrected chi connectivity index (χ3v) is 4.09. The highest BCUT2D eigenvalue weighted by Gasteiger charge is 2.29. The average molecular weight is 288 g/mol. The SMILES string of the molecule is C[C@@H]1CCC[C@H](C)N1C(=O)COc1nnc2ccccn12. The molecule has 0 saturated carbocycles. The molecule has 2 atom stereocenters. The molecule has 0 N–H and O–H groups in total. The number of ether oxygens (including phenoxy) is 1. The minimum absolute atomic E-state index is 0.00433. The molecule has 0 aromatic carbocycles. The van der Waals surface area contributed by atoms with Crippen molar-refractivity contribution in [2.24, 2.45) is 0 Å². The van der Waals surface area contributed by atoms with E-state index in [1.165, 1.54) is 6.42 Å². The summed E-state index contributed by atoms with van der Waals surface area (Å²) in [6.07, 6.45) is 5.12. The van der Waals surface area contributed by atoms with Gasteiger partial charge in [0, 0.05) is 18.3 Å². The maximum atomic E-state index is 12.4. The Morgan fingerprint density at radius 2 is 2.05 bits per heavy atom. The number of carbonyl (C=O) groups is 1. The molecule has 1 aliphatic rings. The molecular formula is C15H20N4O2. The van der Waals surface area contributed by atoms with Gasteiger partial charge in [-0.05, 0) is 45.2 Å². The lowest BCUT2D eigenvalue weighted by Gasteiger charge is -2.38. The predicted molar refractivity (Wildman–Crippen MR) is 78.1 cm³/mol. The Kier molecular flexibility index (Phi) is 3.77. The van der Waals surface area contributed by atoms with Crippen LogP contribution < -0.4 is 4.74 Å². The molecule has 6 heteroatoms. The van der Waals surface area contributed by atoms with Crippen LogP contribution >= 0.6 is 0 Å². The highest BCUT2D eigenvalue weighted by molar-refractivity contribution is 5.78. The van der Waals surface area contributed by atoms with Crippen LogP contribution in [0.2, 0.25) is 0 Å². The summed E-state index contributed by atoms with van der Waals surface area (Å²) in [5, 5.41) is 7.97. The van der Waals surface area contributed by atoms with E-state index in [1.54, 1.807) is 4.40 Å². The van der Waals surface area contributed by atoms with E-state index in [0.717, 1.165) is 12.8 Å². The Balaban J connectivity index is 1.68. The maximum absolute atomic E-state index is 12.4. The molecule has 2 aromatic heterocycles. The maximum Gasteiger partial charge on any atom is 0.322 e. The molecule has 0 spiro atoms. The van der Waals surface area contributed by atoms with Gasteiger partial charge >= 0.3 is 6.01 Å². The van der Waals surface area contributed by atoms with E-state index >= 15 is 0 Å². The second-order valence-corrected chi connectivity index (χ2v) is 5.63. The van der Waals surface area contributed by atoms with Crippen LogP contribution in [0.4, 0.5) is 0 Å². The van der Waals surface area contributed by atoms with Crippen molar-refractivity contribution in [2.75, 3.05) is 6.61 Å². The lowest BCUT2D eigenvalue weighted by Crippen LogP contribution is -2.49. The summed E-state index contributed by atoms with van der Waals surface area (Å²) in [6, 6.07) is 6.52. The molecule has 0 bridgehead atoms. The molecular weight excluding hydrogens is 268 g/mol. The summed E-state index contributed by atoms with van der Waals surface area (Å²) in [6.45, 7) is 4.20. The van der Waals surface area contributed by atoms with Crippen LogP contribution in [0.3, 0.4) is 0 Å². The molecule has 0 aliphatic carbocycles. The number of rotatable bonds is 3. The van der Waals surface area contributed by atoms with Gasteiger partial charge in [0.2, 0.25) is 0 Å². The topological polar surface area (TPSA) is 59.7 Å². The minimum atomic E-state index is 0.00433. The van der Waals surface area contributed by atoms with Gasteiger partial charge in [0.05, 0.1) is 0 Å². The van der Waals surface area contributed by atoms with E-state index in [9.17, 15) is 4.79 Å². The monoisotopic (exact) mass is 288 g/mol. The van der Waals surface area contributed by atoms with Crippen molar-refractivity contribution in [2.45, 2.75) is 45.2 Å². The smallest absolute Gasteiger partial charge is 0.322 e. The molecule has 112 valence electrons. The second kappa shape index (κ2) is 5.71. The van der Waals surface area contributed by atoms with Gasteiger partial charge < -0.3 is 9.64 Å². The number of fused-ring (bicyclic) bond motifs is 1. The van der Waals surface area contributed by atoms with Gasteiger partial charge in [-0.15, -0.1) is 5.10 Å². The summed E-state index contributed by atoms with van der Waals surface area (Å²) >= 11 is 0. The molecule has 3 heterocycles. The number of nitrogens with zero attached hydrogens (tertiary/aromatic N) is 4. The van der Waals surface area contributed by atoms with Gasteiger partial charge in [-0.3, -0.25) is 9.20 Å². The van der Waals surface area contributed by atoms with Gasteiger partial charge in [0.15, 0.2) is 12.3 Å². The molecule has 2 aromatic rings. The first kappa shape index (κ1) is 13.9. The number of pyridine rings is 1. The van der Waals surface area contributed by atoms with Crippen LogP contribution in [0.1, 0.15) is 33.1 Å².